The molecule has 1 fully saturated rings. The largest absolute Gasteiger partial charge is 0.489 e. The molecule has 1 aliphatic heterocycles. The molecule has 3 rings (SSSR count). The van der Waals surface area contributed by atoms with Crippen molar-refractivity contribution in [2.75, 3.05) is 6.54 Å². The number of ether oxygens (including phenoxy) is 2. The van der Waals surface area contributed by atoms with Gasteiger partial charge in [-0.1, -0.05) is 48.5 Å². The van der Waals surface area contributed by atoms with Crippen LogP contribution in [0.2, 0.25) is 0 Å². The van der Waals surface area contributed by atoms with Crippen LogP contribution in [0, 0.1) is 0 Å². The molecule has 30 heavy (non-hydrogen) atoms. The van der Waals surface area contributed by atoms with Gasteiger partial charge in [0.1, 0.15) is 17.5 Å². The third-order valence-electron chi connectivity index (χ3n) is 5.13. The first-order valence-electron chi connectivity index (χ1n) is 10.4. The zero-order valence-electron chi connectivity index (χ0n) is 17.9. The Labute approximate surface area is 178 Å². The van der Waals surface area contributed by atoms with Crippen molar-refractivity contribution in [3.63, 3.8) is 0 Å². The van der Waals surface area contributed by atoms with Gasteiger partial charge in [-0.3, -0.25) is 4.90 Å². The summed E-state index contributed by atoms with van der Waals surface area (Å²) in [5.74, 6) is 0.732. The maximum atomic E-state index is 12.9. The van der Waals surface area contributed by atoms with Crippen molar-refractivity contribution < 1.29 is 19.4 Å². The molecule has 0 spiro atoms. The van der Waals surface area contributed by atoms with E-state index in [1.165, 1.54) is 0 Å². The van der Waals surface area contributed by atoms with Gasteiger partial charge in [0.05, 0.1) is 18.7 Å². The van der Waals surface area contributed by atoms with Crippen molar-refractivity contribution in [3.8, 4) is 5.75 Å². The third kappa shape index (κ3) is 5.97. The van der Waals surface area contributed by atoms with E-state index in [9.17, 15) is 9.90 Å². The van der Waals surface area contributed by atoms with Crippen LogP contribution in [0.3, 0.4) is 0 Å². The van der Waals surface area contributed by atoms with Crippen molar-refractivity contribution in [2.45, 2.75) is 63.5 Å². The number of rotatable bonds is 6. The molecule has 1 saturated heterocycles. The van der Waals surface area contributed by atoms with E-state index in [1.807, 2.05) is 81.4 Å². The fraction of sp³-hybridized carbons (Fsp3) is 0.458. The Morgan fingerprint density at radius 3 is 2.33 bits per heavy atom. The topological polar surface area (TPSA) is 85.0 Å². The zero-order chi connectivity index (χ0) is 21.7. The van der Waals surface area contributed by atoms with E-state index in [0.717, 1.165) is 11.3 Å². The van der Waals surface area contributed by atoms with Crippen LogP contribution in [0.5, 0.6) is 5.75 Å². The minimum absolute atomic E-state index is 0.247. The molecule has 6 heteroatoms. The first-order valence-corrected chi connectivity index (χ1v) is 10.4. The molecule has 2 aromatic carbocycles. The summed E-state index contributed by atoms with van der Waals surface area (Å²) in [5, 5.41) is 11.1. The van der Waals surface area contributed by atoms with Crippen molar-refractivity contribution in [2.24, 2.45) is 5.73 Å². The highest BCUT2D eigenvalue weighted by Gasteiger charge is 2.43. The van der Waals surface area contributed by atoms with E-state index < -0.39 is 29.9 Å². The number of nitrogens with zero attached hydrogens (tertiary/aromatic N) is 1. The maximum absolute atomic E-state index is 12.9. The highest BCUT2D eigenvalue weighted by molar-refractivity contribution is 5.69. The van der Waals surface area contributed by atoms with E-state index >= 15 is 0 Å². The fourth-order valence-corrected chi connectivity index (χ4v) is 3.75. The second-order valence-electron chi connectivity index (χ2n) is 8.83. The number of aliphatic hydroxyl groups is 1. The van der Waals surface area contributed by atoms with E-state index in [4.69, 9.17) is 15.2 Å². The lowest BCUT2D eigenvalue weighted by Gasteiger charge is -2.32. The Bertz CT molecular complexity index is 807. The van der Waals surface area contributed by atoms with Crippen LogP contribution >= 0.6 is 0 Å². The summed E-state index contributed by atoms with van der Waals surface area (Å²) >= 11 is 0. The molecule has 1 heterocycles. The van der Waals surface area contributed by atoms with Gasteiger partial charge in [0.2, 0.25) is 0 Å². The summed E-state index contributed by atoms with van der Waals surface area (Å²) in [4.78, 5) is 14.4. The van der Waals surface area contributed by atoms with E-state index in [-0.39, 0.29) is 6.10 Å². The van der Waals surface area contributed by atoms with E-state index in [2.05, 4.69) is 0 Å². The van der Waals surface area contributed by atoms with Crippen LogP contribution in [0.4, 0.5) is 4.79 Å². The van der Waals surface area contributed by atoms with Gasteiger partial charge in [-0.2, -0.15) is 0 Å². The highest BCUT2D eigenvalue weighted by Crippen LogP contribution is 2.28. The third-order valence-corrected chi connectivity index (χ3v) is 5.13. The number of likely N-dealkylation sites (tertiary alicyclic amines) is 1. The standard InChI is InChI=1S/C24H32N2O4/c1-24(2,3)30-23(28)26-16-19(29-18-12-8-5-9-13-18)15-21(26)22(27)20(25)14-17-10-6-4-7-11-17/h4-13,19-22,27H,14-16,25H2,1-3H3/t19?,20-,21?,22-/m0/s1. The van der Waals surface area contributed by atoms with Gasteiger partial charge in [0.15, 0.2) is 0 Å². The summed E-state index contributed by atoms with van der Waals surface area (Å²) in [6, 6.07) is 18.3. The van der Waals surface area contributed by atoms with Crippen LogP contribution in [-0.4, -0.2) is 52.5 Å². The first kappa shape index (κ1) is 22.1. The number of nitrogens with two attached hydrogens (primary N) is 1. The van der Waals surface area contributed by atoms with Crippen LogP contribution in [-0.2, 0) is 11.2 Å². The number of benzene rings is 2. The highest BCUT2D eigenvalue weighted by atomic mass is 16.6. The van der Waals surface area contributed by atoms with Gasteiger partial charge in [-0.15, -0.1) is 0 Å². The lowest BCUT2D eigenvalue weighted by atomic mass is 9.95. The molecular weight excluding hydrogens is 380 g/mol. The van der Waals surface area contributed by atoms with Gasteiger partial charge in [0, 0.05) is 12.5 Å². The average Bonchev–Trinajstić information content (AvgIpc) is 3.11. The summed E-state index contributed by atoms with van der Waals surface area (Å²) < 4.78 is 11.6. The molecule has 0 aromatic heterocycles. The predicted molar refractivity (Wildman–Crippen MR) is 116 cm³/mol. The molecule has 2 aromatic rings. The quantitative estimate of drug-likeness (QED) is 0.760. The van der Waals surface area contributed by atoms with E-state index in [1.54, 1.807) is 4.90 Å². The Morgan fingerprint density at radius 2 is 1.73 bits per heavy atom. The number of para-hydroxylation sites is 1. The van der Waals surface area contributed by atoms with Gasteiger partial charge in [-0.05, 0) is 44.9 Å². The molecule has 3 N–H and O–H groups in total. The molecular formula is C24H32N2O4. The molecule has 162 valence electrons. The first-order chi connectivity index (χ1) is 14.2. The van der Waals surface area contributed by atoms with Crippen molar-refractivity contribution in [1.29, 1.82) is 0 Å². The second-order valence-corrected chi connectivity index (χ2v) is 8.83. The SMILES string of the molecule is CC(C)(C)OC(=O)N1CC(Oc2ccccc2)CC1[C@@H](O)[C@@H](N)Cc1ccccc1. The van der Waals surface area contributed by atoms with Gasteiger partial charge >= 0.3 is 6.09 Å². The van der Waals surface area contributed by atoms with Crippen molar-refractivity contribution >= 4 is 6.09 Å². The zero-order valence-corrected chi connectivity index (χ0v) is 17.9. The number of carbonyl (C=O) groups is 1. The monoisotopic (exact) mass is 412 g/mol. The maximum Gasteiger partial charge on any atom is 0.410 e. The number of amides is 1. The molecule has 2 unspecified atom stereocenters. The number of aliphatic hydroxyl groups excluding tert-OH is 1. The van der Waals surface area contributed by atoms with Gasteiger partial charge in [0.25, 0.3) is 0 Å². The minimum Gasteiger partial charge on any atom is -0.489 e. The molecule has 0 radical (unpaired) electrons. The van der Waals surface area contributed by atoms with Crippen LogP contribution in [0.1, 0.15) is 32.8 Å². The Balaban J connectivity index is 1.74. The Morgan fingerprint density at radius 1 is 1.13 bits per heavy atom. The van der Waals surface area contributed by atoms with Crippen LogP contribution in [0.25, 0.3) is 0 Å². The number of carbonyl (C=O) groups excluding carboxylic acids is 1. The lowest BCUT2D eigenvalue weighted by molar-refractivity contribution is 0.000602. The van der Waals surface area contributed by atoms with E-state index in [0.29, 0.717) is 19.4 Å². The number of hydrogen-bond donors (Lipinski definition) is 2. The minimum atomic E-state index is -0.901. The number of hydrogen-bond acceptors (Lipinski definition) is 5. The molecule has 1 aliphatic rings. The van der Waals surface area contributed by atoms with Gasteiger partial charge in [-0.25, -0.2) is 4.79 Å². The predicted octanol–water partition coefficient (Wildman–Crippen LogP) is 3.37. The summed E-state index contributed by atoms with van der Waals surface area (Å²) in [7, 11) is 0. The second kappa shape index (κ2) is 9.49. The summed E-state index contributed by atoms with van der Waals surface area (Å²) in [5.41, 5.74) is 6.76. The Hall–Kier alpha value is -2.57. The summed E-state index contributed by atoms with van der Waals surface area (Å²) in [6.07, 6.45) is -0.605. The Kier molecular flexibility index (Phi) is 7.00. The summed E-state index contributed by atoms with van der Waals surface area (Å²) in [6.45, 7) is 5.81. The molecule has 0 bridgehead atoms. The molecule has 0 saturated carbocycles. The molecule has 6 nitrogen and oxygen atoms in total. The molecule has 0 aliphatic carbocycles. The normalized spacial score (nSPS) is 21.2. The van der Waals surface area contributed by atoms with Crippen LogP contribution in [0.15, 0.2) is 60.7 Å². The lowest BCUT2D eigenvalue weighted by Crippen LogP contribution is -2.52. The molecule has 4 atom stereocenters. The van der Waals surface area contributed by atoms with Gasteiger partial charge < -0.3 is 20.3 Å². The average molecular weight is 413 g/mol. The van der Waals surface area contributed by atoms with Crippen LogP contribution < -0.4 is 10.5 Å². The smallest absolute Gasteiger partial charge is 0.410 e. The fourth-order valence-electron chi connectivity index (χ4n) is 3.75. The van der Waals surface area contributed by atoms with Crippen molar-refractivity contribution in [3.05, 3.63) is 66.2 Å². The van der Waals surface area contributed by atoms with Crippen molar-refractivity contribution in [1.82, 2.24) is 4.90 Å². The molecule has 1 amide bonds.